The highest BCUT2D eigenvalue weighted by atomic mass is 33.1. The van der Waals surface area contributed by atoms with Crippen molar-refractivity contribution in [2.45, 2.75) is 16.3 Å². The molecule has 1 saturated heterocycles. The Morgan fingerprint density at radius 3 is 2.25 bits per heavy atom. The van der Waals surface area contributed by atoms with Crippen molar-refractivity contribution in [3.8, 4) is 0 Å². The maximum absolute atomic E-state index is 4.24. The monoisotopic (exact) mass is 276 g/mol. The van der Waals surface area contributed by atoms with E-state index in [9.17, 15) is 0 Å². The quantitative estimate of drug-likeness (QED) is 0.431. The van der Waals surface area contributed by atoms with Gasteiger partial charge in [-0.3, -0.25) is 0 Å². The molecule has 1 unspecified atom stereocenters. The van der Waals surface area contributed by atoms with Crippen LogP contribution in [0.25, 0.3) is 0 Å². The summed E-state index contributed by atoms with van der Waals surface area (Å²) in [6.45, 7) is 0. The molecule has 0 aliphatic carbocycles. The first kappa shape index (κ1) is 12.2. The fraction of sp³-hybridized carbons (Fsp3) is 1.00. The van der Waals surface area contributed by atoms with Crippen LogP contribution in [0.3, 0.4) is 0 Å². The Morgan fingerprint density at radius 2 is 1.92 bits per heavy atom. The van der Waals surface area contributed by atoms with E-state index in [4.69, 9.17) is 0 Å². The molecule has 12 heavy (non-hydrogen) atoms. The predicted octanol–water partition coefficient (Wildman–Crippen LogP) is 3.71. The van der Waals surface area contributed by atoms with E-state index >= 15 is 0 Å². The minimum absolute atomic E-state index is 0.707. The molecule has 1 atom stereocenters. The van der Waals surface area contributed by atoms with Crippen LogP contribution in [-0.4, -0.2) is 25.8 Å². The molecule has 6 heteroatoms. The maximum Gasteiger partial charge on any atom is 0.0530 e. The lowest BCUT2D eigenvalue weighted by molar-refractivity contribution is 0.900. The summed E-state index contributed by atoms with van der Waals surface area (Å²) in [6.07, 6.45) is 1.31. The molecule has 0 nitrogen and oxygen atoms in total. The van der Waals surface area contributed by atoms with Crippen molar-refractivity contribution >= 4 is 70.4 Å². The zero-order valence-corrected chi connectivity index (χ0v) is 11.6. The molecule has 0 aromatic carbocycles. The molecule has 0 spiro atoms. The van der Waals surface area contributed by atoms with Gasteiger partial charge in [0.25, 0.3) is 0 Å². The summed E-state index contributed by atoms with van der Waals surface area (Å²) in [5.74, 6) is 1.33. The van der Waals surface area contributed by atoms with Crippen LogP contribution in [0.4, 0.5) is 0 Å². The Bertz CT molecular complexity index is 109. The maximum atomic E-state index is 4.24. The van der Waals surface area contributed by atoms with Crippen molar-refractivity contribution in [2.75, 3.05) is 15.9 Å². The van der Waals surface area contributed by atoms with Crippen LogP contribution < -0.4 is 0 Å². The van der Waals surface area contributed by atoms with E-state index in [-0.39, 0.29) is 0 Å². The summed E-state index contributed by atoms with van der Waals surface area (Å²) in [4.78, 5) is 0. The standard InChI is InChI=1S/C6H12S6/c7-3-9-6(10-4-8)1-5-2-11-12-5/h5-8H,1-4H2. The molecule has 0 saturated carbocycles. The van der Waals surface area contributed by atoms with Crippen molar-refractivity contribution in [1.82, 2.24) is 0 Å². The highest BCUT2D eigenvalue weighted by Crippen LogP contribution is 2.45. The van der Waals surface area contributed by atoms with Crippen LogP contribution in [0.1, 0.15) is 6.42 Å². The zero-order chi connectivity index (χ0) is 8.81. The molecule has 72 valence electrons. The first-order valence-electron chi connectivity index (χ1n) is 3.60. The highest BCUT2D eigenvalue weighted by Gasteiger charge is 2.23. The van der Waals surface area contributed by atoms with E-state index in [1.54, 1.807) is 0 Å². The number of rotatable bonds is 6. The van der Waals surface area contributed by atoms with Gasteiger partial charge < -0.3 is 0 Å². The van der Waals surface area contributed by atoms with E-state index in [0.717, 1.165) is 15.4 Å². The Morgan fingerprint density at radius 1 is 1.33 bits per heavy atom. The van der Waals surface area contributed by atoms with Crippen molar-refractivity contribution in [3.63, 3.8) is 0 Å². The second kappa shape index (κ2) is 7.40. The molecule has 1 fully saturated rings. The molecule has 0 amide bonds. The Kier molecular flexibility index (Phi) is 7.50. The summed E-state index contributed by atoms with van der Waals surface area (Å²) in [7, 11) is 4.01. The number of thiol groups is 2. The van der Waals surface area contributed by atoms with Crippen molar-refractivity contribution in [1.29, 1.82) is 0 Å². The molecule has 1 heterocycles. The summed E-state index contributed by atoms with van der Waals surface area (Å²) in [6, 6.07) is 0. The van der Waals surface area contributed by atoms with E-state index in [0.29, 0.717) is 4.58 Å². The molecular weight excluding hydrogens is 264 g/mol. The van der Waals surface area contributed by atoms with Gasteiger partial charge in [0.1, 0.15) is 0 Å². The lowest BCUT2D eigenvalue weighted by atomic mass is 10.4. The van der Waals surface area contributed by atoms with Gasteiger partial charge in [0.2, 0.25) is 0 Å². The van der Waals surface area contributed by atoms with E-state index < -0.39 is 0 Å². The summed E-state index contributed by atoms with van der Waals surface area (Å²) in [5, 5.41) is 2.74. The van der Waals surface area contributed by atoms with Gasteiger partial charge in [0.05, 0.1) is 4.58 Å². The van der Waals surface area contributed by atoms with Crippen LogP contribution in [0.15, 0.2) is 0 Å². The molecule has 1 rings (SSSR count). The van der Waals surface area contributed by atoms with E-state index in [1.165, 1.54) is 12.2 Å². The van der Waals surface area contributed by atoms with Crippen LogP contribution in [0.2, 0.25) is 0 Å². The van der Waals surface area contributed by atoms with Gasteiger partial charge in [-0.05, 0) is 6.42 Å². The van der Waals surface area contributed by atoms with Crippen molar-refractivity contribution in [2.24, 2.45) is 0 Å². The second-order valence-corrected chi connectivity index (χ2v) is 9.14. The highest BCUT2D eigenvalue weighted by molar-refractivity contribution is 8.79. The van der Waals surface area contributed by atoms with E-state index in [1.807, 2.05) is 45.1 Å². The third-order valence-electron chi connectivity index (χ3n) is 1.43. The van der Waals surface area contributed by atoms with Crippen molar-refractivity contribution in [3.05, 3.63) is 0 Å². The molecule has 0 bridgehead atoms. The molecule has 0 radical (unpaired) electrons. The number of thioether (sulfide) groups is 2. The van der Waals surface area contributed by atoms with Gasteiger partial charge in [-0.25, -0.2) is 0 Å². The lowest BCUT2D eigenvalue weighted by Crippen LogP contribution is -2.17. The lowest BCUT2D eigenvalue weighted by Gasteiger charge is -2.27. The topological polar surface area (TPSA) is 0 Å². The second-order valence-electron chi connectivity index (χ2n) is 2.26. The molecular formula is C6H12S6. The largest absolute Gasteiger partial charge is 0.168 e. The average Bonchev–Trinajstić information content (AvgIpc) is 1.97. The van der Waals surface area contributed by atoms with Gasteiger partial charge >= 0.3 is 0 Å². The fourth-order valence-electron chi connectivity index (χ4n) is 0.837. The Labute approximate surface area is 102 Å². The van der Waals surface area contributed by atoms with Crippen LogP contribution in [0, 0.1) is 0 Å². The summed E-state index contributed by atoms with van der Waals surface area (Å²) >= 11 is 12.3. The van der Waals surface area contributed by atoms with E-state index in [2.05, 4.69) is 25.3 Å². The van der Waals surface area contributed by atoms with Gasteiger partial charge in [-0.1, -0.05) is 21.6 Å². The Hall–Kier alpha value is 2.10. The number of hydrogen-bond acceptors (Lipinski definition) is 6. The van der Waals surface area contributed by atoms with Gasteiger partial charge in [0.15, 0.2) is 0 Å². The third kappa shape index (κ3) is 4.55. The molecule has 0 N–H and O–H groups in total. The smallest absolute Gasteiger partial charge is 0.0530 e. The molecule has 0 aromatic rings. The normalized spacial score (nSPS) is 22.8. The zero-order valence-electron chi connectivity index (χ0n) is 6.51. The minimum Gasteiger partial charge on any atom is -0.168 e. The molecule has 1 aliphatic rings. The third-order valence-corrected chi connectivity index (χ3v) is 7.72. The fourth-order valence-corrected chi connectivity index (χ4v) is 6.58. The number of hydrogen-bond donors (Lipinski definition) is 2. The van der Waals surface area contributed by atoms with Crippen molar-refractivity contribution < 1.29 is 0 Å². The van der Waals surface area contributed by atoms with Crippen LogP contribution in [-0.2, 0) is 0 Å². The first-order valence-corrected chi connectivity index (χ1v) is 9.34. The van der Waals surface area contributed by atoms with Gasteiger partial charge in [-0.15, -0.1) is 23.5 Å². The SMILES string of the molecule is SCSC(CC1CSS1)SCS. The molecule has 0 aromatic heterocycles. The Balaban J connectivity index is 2.11. The average molecular weight is 277 g/mol. The predicted molar refractivity (Wildman–Crippen MR) is 75.1 cm³/mol. The molecule has 1 aliphatic heterocycles. The first-order chi connectivity index (χ1) is 5.86. The van der Waals surface area contributed by atoms with Crippen LogP contribution >= 0.6 is 70.4 Å². The summed E-state index contributed by atoms with van der Waals surface area (Å²) in [5.41, 5.74) is 0. The van der Waals surface area contributed by atoms with Gasteiger partial charge in [0, 0.05) is 21.2 Å². The van der Waals surface area contributed by atoms with Gasteiger partial charge in [-0.2, -0.15) is 25.3 Å². The summed E-state index contributed by atoms with van der Waals surface area (Å²) < 4.78 is 0.707. The minimum atomic E-state index is 0.707. The van der Waals surface area contributed by atoms with Crippen LogP contribution in [0.5, 0.6) is 0 Å².